The van der Waals surface area contributed by atoms with Gasteiger partial charge in [0.2, 0.25) is 5.89 Å². The summed E-state index contributed by atoms with van der Waals surface area (Å²) in [6.07, 6.45) is 7.35. The minimum absolute atomic E-state index is 0.127. The second-order valence-corrected chi connectivity index (χ2v) is 4.07. The largest absolute Gasteiger partial charge is 0.480 e. The van der Waals surface area contributed by atoms with E-state index in [1.54, 1.807) is 4.90 Å². The zero-order chi connectivity index (χ0) is 12.3. The smallest absolute Gasteiger partial charge is 0.317 e. The lowest BCUT2D eigenvalue weighted by Crippen LogP contribution is -2.30. The number of aliphatic carboxylic acids is 1. The van der Waals surface area contributed by atoms with Crippen molar-refractivity contribution in [3.8, 4) is 12.3 Å². The van der Waals surface area contributed by atoms with Gasteiger partial charge in [-0.1, -0.05) is 11.1 Å². The number of rotatable bonds is 6. The van der Waals surface area contributed by atoms with Crippen LogP contribution in [0.1, 0.15) is 30.5 Å². The predicted octanol–water partition coefficient (Wildman–Crippen LogP) is 0.467. The van der Waals surface area contributed by atoms with E-state index in [0.29, 0.717) is 24.2 Å². The minimum atomic E-state index is -0.925. The summed E-state index contributed by atoms with van der Waals surface area (Å²) in [5.41, 5.74) is 0. The third kappa shape index (κ3) is 3.29. The van der Waals surface area contributed by atoms with E-state index in [9.17, 15) is 4.79 Å². The lowest BCUT2D eigenvalue weighted by molar-refractivity contribution is -0.138. The summed E-state index contributed by atoms with van der Waals surface area (Å²) >= 11 is 0. The average Bonchev–Trinajstić information content (AvgIpc) is 3.00. The van der Waals surface area contributed by atoms with Crippen LogP contribution in [0, 0.1) is 12.3 Å². The summed E-state index contributed by atoms with van der Waals surface area (Å²) < 4.78 is 5.09. The van der Waals surface area contributed by atoms with Gasteiger partial charge in [0.1, 0.15) is 0 Å². The fourth-order valence-electron chi connectivity index (χ4n) is 1.52. The first-order valence-electron chi connectivity index (χ1n) is 5.39. The summed E-state index contributed by atoms with van der Waals surface area (Å²) in [4.78, 5) is 16.4. The topological polar surface area (TPSA) is 79.5 Å². The van der Waals surface area contributed by atoms with E-state index in [4.69, 9.17) is 16.1 Å². The van der Waals surface area contributed by atoms with E-state index in [0.717, 1.165) is 12.8 Å². The average molecular weight is 235 g/mol. The maximum atomic E-state index is 10.6. The van der Waals surface area contributed by atoms with Gasteiger partial charge in [-0.15, -0.1) is 6.42 Å². The summed E-state index contributed by atoms with van der Waals surface area (Å²) in [5, 5.41) is 12.5. The molecular formula is C11H13N3O3. The molecule has 0 unspecified atom stereocenters. The molecule has 6 heteroatoms. The summed E-state index contributed by atoms with van der Waals surface area (Å²) in [6.45, 7) is 0.420. The number of aromatic nitrogens is 2. The first-order valence-corrected chi connectivity index (χ1v) is 5.39. The second-order valence-electron chi connectivity index (χ2n) is 4.07. The number of hydrogen-bond donors (Lipinski definition) is 1. The minimum Gasteiger partial charge on any atom is -0.480 e. The van der Waals surface area contributed by atoms with Gasteiger partial charge in [0.05, 0.1) is 19.6 Å². The molecule has 0 saturated heterocycles. The van der Waals surface area contributed by atoms with E-state index in [1.807, 2.05) is 0 Å². The maximum Gasteiger partial charge on any atom is 0.317 e. The standard InChI is InChI=1S/C11H13N3O3/c1-2-5-14(7-10(15)16)6-9-12-11(17-13-9)8-3-4-8/h1,8H,3-7H2,(H,15,16). The molecule has 1 N–H and O–H groups in total. The Morgan fingerprint density at radius 2 is 2.41 bits per heavy atom. The van der Waals surface area contributed by atoms with Crippen LogP contribution in [0.15, 0.2) is 4.52 Å². The predicted molar refractivity (Wildman–Crippen MR) is 58.0 cm³/mol. The fourth-order valence-corrected chi connectivity index (χ4v) is 1.52. The first-order chi connectivity index (χ1) is 8.19. The van der Waals surface area contributed by atoms with Crippen LogP contribution in [0.2, 0.25) is 0 Å². The Labute approximate surface area is 98.6 Å². The quantitative estimate of drug-likeness (QED) is 0.722. The molecule has 1 fully saturated rings. The number of hydrogen-bond acceptors (Lipinski definition) is 5. The van der Waals surface area contributed by atoms with Crippen molar-refractivity contribution in [2.24, 2.45) is 0 Å². The molecule has 1 aromatic rings. The normalized spacial score (nSPS) is 14.8. The second kappa shape index (κ2) is 4.97. The highest BCUT2D eigenvalue weighted by Crippen LogP contribution is 2.38. The van der Waals surface area contributed by atoms with Gasteiger partial charge < -0.3 is 9.63 Å². The highest BCUT2D eigenvalue weighted by Gasteiger charge is 2.29. The summed E-state index contributed by atoms with van der Waals surface area (Å²) in [7, 11) is 0. The molecule has 0 amide bonds. The molecule has 6 nitrogen and oxygen atoms in total. The van der Waals surface area contributed by atoms with Crippen molar-refractivity contribution in [1.82, 2.24) is 15.0 Å². The molecule has 0 aliphatic heterocycles. The zero-order valence-electron chi connectivity index (χ0n) is 9.30. The molecule has 1 saturated carbocycles. The van der Waals surface area contributed by atoms with E-state index in [1.165, 1.54) is 0 Å². The number of carbonyl (C=O) groups is 1. The summed E-state index contributed by atoms with van der Waals surface area (Å²) in [5.74, 6) is 3.03. The number of carboxylic acids is 1. The van der Waals surface area contributed by atoms with Crippen molar-refractivity contribution in [1.29, 1.82) is 0 Å². The van der Waals surface area contributed by atoms with Gasteiger partial charge in [-0.25, -0.2) is 0 Å². The number of carboxylic acid groups (broad SMARTS) is 1. The zero-order valence-corrected chi connectivity index (χ0v) is 9.30. The SMILES string of the molecule is C#CCN(CC(=O)O)Cc1noc(C2CC2)n1. The van der Waals surface area contributed by atoms with Gasteiger partial charge in [-0.05, 0) is 12.8 Å². The van der Waals surface area contributed by atoms with Gasteiger partial charge in [-0.3, -0.25) is 9.69 Å². The Kier molecular flexibility index (Phi) is 3.40. The van der Waals surface area contributed by atoms with Gasteiger partial charge in [0.15, 0.2) is 5.82 Å². The fraction of sp³-hybridized carbons (Fsp3) is 0.545. The number of terminal acetylenes is 1. The van der Waals surface area contributed by atoms with Crippen LogP contribution in [-0.4, -0.2) is 39.2 Å². The molecule has 1 aliphatic rings. The molecule has 90 valence electrons. The first kappa shape index (κ1) is 11.6. The van der Waals surface area contributed by atoms with Crippen molar-refractivity contribution in [2.75, 3.05) is 13.1 Å². The van der Waals surface area contributed by atoms with Crippen LogP contribution in [0.25, 0.3) is 0 Å². The van der Waals surface area contributed by atoms with Crippen molar-refractivity contribution in [3.63, 3.8) is 0 Å². The molecule has 0 aromatic carbocycles. The molecule has 0 radical (unpaired) electrons. The highest BCUT2D eigenvalue weighted by atomic mass is 16.5. The molecule has 1 heterocycles. The third-order valence-corrected chi connectivity index (χ3v) is 2.45. The maximum absolute atomic E-state index is 10.6. The van der Waals surface area contributed by atoms with Crippen LogP contribution < -0.4 is 0 Å². The van der Waals surface area contributed by atoms with E-state index in [-0.39, 0.29) is 13.1 Å². The molecule has 17 heavy (non-hydrogen) atoms. The van der Waals surface area contributed by atoms with E-state index < -0.39 is 5.97 Å². The van der Waals surface area contributed by atoms with Gasteiger partial charge in [0.25, 0.3) is 0 Å². The van der Waals surface area contributed by atoms with Crippen molar-refractivity contribution >= 4 is 5.97 Å². The highest BCUT2D eigenvalue weighted by molar-refractivity contribution is 5.69. The van der Waals surface area contributed by atoms with Crippen molar-refractivity contribution < 1.29 is 14.4 Å². The van der Waals surface area contributed by atoms with Crippen LogP contribution in [0.4, 0.5) is 0 Å². The van der Waals surface area contributed by atoms with Crippen LogP contribution >= 0.6 is 0 Å². The van der Waals surface area contributed by atoms with Crippen LogP contribution in [0.3, 0.4) is 0 Å². The van der Waals surface area contributed by atoms with Crippen molar-refractivity contribution in [3.05, 3.63) is 11.7 Å². The molecule has 0 bridgehead atoms. The lowest BCUT2D eigenvalue weighted by Gasteiger charge is -2.14. The van der Waals surface area contributed by atoms with Crippen LogP contribution in [-0.2, 0) is 11.3 Å². The van der Waals surface area contributed by atoms with Crippen molar-refractivity contribution in [2.45, 2.75) is 25.3 Å². The summed E-state index contributed by atoms with van der Waals surface area (Å²) in [6, 6.07) is 0. The van der Waals surface area contributed by atoms with Gasteiger partial charge in [-0.2, -0.15) is 4.98 Å². The molecule has 0 atom stereocenters. The molecular weight excluding hydrogens is 222 g/mol. The van der Waals surface area contributed by atoms with Gasteiger partial charge >= 0.3 is 5.97 Å². The van der Waals surface area contributed by atoms with E-state index >= 15 is 0 Å². The van der Waals surface area contributed by atoms with E-state index in [2.05, 4.69) is 16.1 Å². The Hall–Kier alpha value is -1.87. The number of nitrogens with zero attached hydrogens (tertiary/aromatic N) is 3. The Bertz CT molecular complexity index is 445. The lowest BCUT2D eigenvalue weighted by atomic mass is 10.4. The molecule has 1 aromatic heterocycles. The molecule has 1 aliphatic carbocycles. The molecule has 2 rings (SSSR count). The monoisotopic (exact) mass is 235 g/mol. The molecule has 0 spiro atoms. The van der Waals surface area contributed by atoms with Gasteiger partial charge in [0, 0.05) is 5.92 Å². The Balaban J connectivity index is 1.95. The Morgan fingerprint density at radius 1 is 1.65 bits per heavy atom. The Morgan fingerprint density at radius 3 is 3.00 bits per heavy atom. The third-order valence-electron chi connectivity index (χ3n) is 2.45. The van der Waals surface area contributed by atoms with Crippen LogP contribution in [0.5, 0.6) is 0 Å².